The zero-order valence-electron chi connectivity index (χ0n) is 14.6. The molecule has 3 N–H and O–H groups in total. The second kappa shape index (κ2) is 8.60. The molecule has 140 valence electrons. The summed E-state index contributed by atoms with van der Waals surface area (Å²) in [6, 6.07) is 8.93. The molecule has 26 heavy (non-hydrogen) atoms. The summed E-state index contributed by atoms with van der Waals surface area (Å²) < 4.78 is 27.7. The molecule has 0 unspecified atom stereocenters. The summed E-state index contributed by atoms with van der Waals surface area (Å²) in [6.07, 6.45) is 3.48. The summed E-state index contributed by atoms with van der Waals surface area (Å²) in [7, 11) is 0. The van der Waals surface area contributed by atoms with Gasteiger partial charge >= 0.3 is 0 Å². The molecule has 0 saturated heterocycles. The highest BCUT2D eigenvalue weighted by molar-refractivity contribution is 5.95. The Balaban J connectivity index is 0.00000243. The van der Waals surface area contributed by atoms with Gasteiger partial charge in [-0.2, -0.15) is 0 Å². The van der Waals surface area contributed by atoms with Crippen LogP contribution in [0.5, 0.6) is 0 Å². The van der Waals surface area contributed by atoms with Crippen molar-refractivity contribution in [3.8, 4) is 11.1 Å². The minimum absolute atomic E-state index is 0. The van der Waals surface area contributed by atoms with Crippen molar-refractivity contribution in [1.82, 2.24) is 5.32 Å². The maximum Gasteiger partial charge on any atom is 0.251 e. The van der Waals surface area contributed by atoms with E-state index in [1.807, 2.05) is 0 Å². The number of amides is 1. The van der Waals surface area contributed by atoms with Crippen molar-refractivity contribution in [3.05, 3.63) is 59.2 Å². The van der Waals surface area contributed by atoms with E-state index in [0.717, 1.165) is 25.7 Å². The van der Waals surface area contributed by atoms with Gasteiger partial charge in [-0.15, -0.1) is 12.4 Å². The summed E-state index contributed by atoms with van der Waals surface area (Å²) in [5.41, 5.74) is 7.78. The number of carbonyl (C=O) groups is 1. The molecule has 0 spiro atoms. The van der Waals surface area contributed by atoms with E-state index in [2.05, 4.69) is 5.32 Å². The number of rotatable bonds is 3. The monoisotopic (exact) mass is 380 g/mol. The number of halogens is 3. The Bertz CT molecular complexity index is 789. The molecule has 1 aliphatic rings. The van der Waals surface area contributed by atoms with Gasteiger partial charge in [0.15, 0.2) is 0 Å². The van der Waals surface area contributed by atoms with Crippen LogP contribution in [0.1, 0.15) is 41.6 Å². The van der Waals surface area contributed by atoms with E-state index in [1.165, 1.54) is 18.2 Å². The van der Waals surface area contributed by atoms with Gasteiger partial charge in [0.25, 0.3) is 5.91 Å². The molecule has 1 aliphatic carbocycles. The topological polar surface area (TPSA) is 55.1 Å². The van der Waals surface area contributed by atoms with Crippen LogP contribution in [0.15, 0.2) is 36.4 Å². The Kier molecular flexibility index (Phi) is 6.73. The Labute approximate surface area is 158 Å². The number of nitrogens with two attached hydrogens (primary N) is 1. The van der Waals surface area contributed by atoms with Gasteiger partial charge in [0.1, 0.15) is 11.6 Å². The molecule has 0 bridgehead atoms. The number of carbonyl (C=O) groups excluding carboxylic acids is 1. The van der Waals surface area contributed by atoms with Crippen LogP contribution < -0.4 is 11.1 Å². The maximum atomic E-state index is 14.5. The van der Waals surface area contributed by atoms with Gasteiger partial charge in [-0.1, -0.05) is 12.1 Å². The summed E-state index contributed by atoms with van der Waals surface area (Å²) in [4.78, 5) is 12.3. The average molecular weight is 381 g/mol. The van der Waals surface area contributed by atoms with Crippen LogP contribution in [-0.4, -0.2) is 18.0 Å². The first-order valence-electron chi connectivity index (χ1n) is 8.56. The van der Waals surface area contributed by atoms with Crippen molar-refractivity contribution in [3.63, 3.8) is 0 Å². The summed E-state index contributed by atoms with van der Waals surface area (Å²) in [5.74, 6) is -1.13. The highest BCUT2D eigenvalue weighted by Gasteiger charge is 2.21. The average Bonchev–Trinajstić information content (AvgIpc) is 2.57. The van der Waals surface area contributed by atoms with Gasteiger partial charge in [0, 0.05) is 23.2 Å². The van der Waals surface area contributed by atoms with Crippen molar-refractivity contribution in [2.24, 2.45) is 5.73 Å². The molecule has 0 aliphatic heterocycles. The zero-order valence-corrected chi connectivity index (χ0v) is 15.4. The Morgan fingerprint density at radius 1 is 1.04 bits per heavy atom. The van der Waals surface area contributed by atoms with E-state index >= 15 is 0 Å². The van der Waals surface area contributed by atoms with Crippen LogP contribution in [0, 0.1) is 18.6 Å². The van der Waals surface area contributed by atoms with Crippen LogP contribution >= 0.6 is 12.4 Å². The normalized spacial score (nSPS) is 19.5. The van der Waals surface area contributed by atoms with E-state index in [4.69, 9.17) is 5.73 Å². The van der Waals surface area contributed by atoms with Crippen LogP contribution in [0.3, 0.4) is 0 Å². The van der Waals surface area contributed by atoms with Gasteiger partial charge in [0.2, 0.25) is 0 Å². The fourth-order valence-electron chi connectivity index (χ4n) is 3.34. The molecule has 2 aromatic rings. The second-order valence-corrected chi connectivity index (χ2v) is 6.74. The number of benzene rings is 2. The summed E-state index contributed by atoms with van der Waals surface area (Å²) in [5, 5.41) is 2.95. The number of nitrogens with one attached hydrogen (secondary N) is 1. The second-order valence-electron chi connectivity index (χ2n) is 6.74. The predicted octanol–water partition coefficient (Wildman–Crippen LogP) is 4.36. The SMILES string of the molecule is Cc1cc(F)ccc1-c1ccc(C(=O)NC2CCC(N)CC2)cc1F.Cl. The first kappa shape index (κ1) is 20.3. The number of hydrogen-bond donors (Lipinski definition) is 2. The van der Waals surface area contributed by atoms with Crippen molar-refractivity contribution in [2.45, 2.75) is 44.7 Å². The lowest BCUT2D eigenvalue weighted by Crippen LogP contribution is -2.40. The zero-order chi connectivity index (χ0) is 18.0. The molecule has 1 amide bonds. The van der Waals surface area contributed by atoms with Crippen molar-refractivity contribution < 1.29 is 13.6 Å². The fraction of sp³-hybridized carbons (Fsp3) is 0.350. The lowest BCUT2D eigenvalue weighted by atomic mass is 9.91. The Hall–Kier alpha value is -1.98. The van der Waals surface area contributed by atoms with E-state index < -0.39 is 5.82 Å². The van der Waals surface area contributed by atoms with Crippen molar-refractivity contribution in [2.75, 3.05) is 0 Å². The largest absolute Gasteiger partial charge is 0.349 e. The first-order chi connectivity index (χ1) is 11.9. The molecular formula is C20H23ClF2N2O. The lowest BCUT2D eigenvalue weighted by molar-refractivity contribution is 0.0925. The molecule has 1 saturated carbocycles. The quantitative estimate of drug-likeness (QED) is 0.831. The third kappa shape index (κ3) is 4.59. The maximum absolute atomic E-state index is 14.5. The van der Waals surface area contributed by atoms with Gasteiger partial charge in [0.05, 0.1) is 0 Å². The predicted molar refractivity (Wildman–Crippen MR) is 101 cm³/mol. The standard InChI is InChI=1S/C20H22F2N2O.ClH/c1-12-10-14(21)3-9-17(12)18-8-2-13(11-19(18)22)20(25)24-16-6-4-15(23)5-7-16;/h2-3,8-11,15-16H,4-7,23H2,1H3,(H,24,25);1H. The first-order valence-corrected chi connectivity index (χ1v) is 8.56. The third-order valence-electron chi connectivity index (χ3n) is 4.82. The Morgan fingerprint density at radius 3 is 2.31 bits per heavy atom. The molecular weight excluding hydrogens is 358 g/mol. The highest BCUT2D eigenvalue weighted by atomic mass is 35.5. The molecule has 1 fully saturated rings. The van der Waals surface area contributed by atoms with E-state index in [1.54, 1.807) is 25.1 Å². The van der Waals surface area contributed by atoms with E-state index in [9.17, 15) is 13.6 Å². The molecule has 3 rings (SSSR count). The van der Waals surface area contributed by atoms with Crippen LogP contribution in [-0.2, 0) is 0 Å². The number of hydrogen-bond acceptors (Lipinski definition) is 2. The molecule has 0 atom stereocenters. The number of aryl methyl sites for hydroxylation is 1. The van der Waals surface area contributed by atoms with Crippen LogP contribution in [0.2, 0.25) is 0 Å². The molecule has 0 aromatic heterocycles. The minimum atomic E-state index is -0.493. The minimum Gasteiger partial charge on any atom is -0.349 e. The molecule has 3 nitrogen and oxygen atoms in total. The molecule has 0 radical (unpaired) electrons. The lowest BCUT2D eigenvalue weighted by Gasteiger charge is -2.26. The van der Waals surface area contributed by atoms with Gasteiger partial charge in [-0.3, -0.25) is 4.79 Å². The smallest absolute Gasteiger partial charge is 0.251 e. The Morgan fingerprint density at radius 2 is 1.69 bits per heavy atom. The third-order valence-corrected chi connectivity index (χ3v) is 4.82. The fourth-order valence-corrected chi connectivity index (χ4v) is 3.34. The highest BCUT2D eigenvalue weighted by Crippen LogP contribution is 2.27. The molecule has 6 heteroatoms. The van der Waals surface area contributed by atoms with Gasteiger partial charge < -0.3 is 11.1 Å². The van der Waals surface area contributed by atoms with Gasteiger partial charge in [-0.25, -0.2) is 8.78 Å². The summed E-state index contributed by atoms with van der Waals surface area (Å²) >= 11 is 0. The molecule has 2 aromatic carbocycles. The van der Waals surface area contributed by atoms with Gasteiger partial charge in [-0.05, 0) is 68.0 Å². The van der Waals surface area contributed by atoms with Crippen molar-refractivity contribution in [1.29, 1.82) is 0 Å². The van der Waals surface area contributed by atoms with E-state index in [-0.39, 0.29) is 41.8 Å². The van der Waals surface area contributed by atoms with Crippen LogP contribution in [0.4, 0.5) is 8.78 Å². The van der Waals surface area contributed by atoms with E-state index in [0.29, 0.717) is 16.7 Å². The van der Waals surface area contributed by atoms with Crippen LogP contribution in [0.25, 0.3) is 11.1 Å². The summed E-state index contributed by atoms with van der Waals surface area (Å²) in [6.45, 7) is 1.73. The molecule has 0 heterocycles. The van der Waals surface area contributed by atoms with Crippen molar-refractivity contribution >= 4 is 18.3 Å².